The molecule has 3 heterocycles. The Morgan fingerprint density at radius 1 is 0.529 bits per heavy atom. The summed E-state index contributed by atoms with van der Waals surface area (Å²) in [5, 5.41) is 72.3. The van der Waals surface area contributed by atoms with Gasteiger partial charge in [0.25, 0.3) is 0 Å². The Morgan fingerprint density at radius 2 is 0.941 bits per heavy atom. The molecular formula is C21H38O13. The molecule has 0 aromatic heterocycles. The highest BCUT2D eigenvalue weighted by Crippen LogP contribution is 2.33. The molecule has 3 saturated heterocycles. The summed E-state index contributed by atoms with van der Waals surface area (Å²) in [7, 11) is 0. The van der Waals surface area contributed by atoms with Crippen LogP contribution >= 0.6 is 0 Å². The Kier molecular flexibility index (Phi) is 9.64. The van der Waals surface area contributed by atoms with Crippen LogP contribution in [-0.4, -0.2) is 134 Å². The molecule has 3 fully saturated rings. The molecule has 0 aromatic carbocycles. The third-order valence-electron chi connectivity index (χ3n) is 6.45. The van der Waals surface area contributed by atoms with Gasteiger partial charge in [-0.15, -0.1) is 0 Å². The molecule has 0 radical (unpaired) electrons. The molecule has 0 unspecified atom stereocenters. The molecule has 0 aromatic rings. The average Bonchev–Trinajstić information content (AvgIpc) is 2.80. The third kappa shape index (κ3) is 5.72. The summed E-state index contributed by atoms with van der Waals surface area (Å²) in [6, 6.07) is 0. The van der Waals surface area contributed by atoms with Crippen LogP contribution in [0.2, 0.25) is 0 Å². The number of aliphatic hydroxyl groups is 7. The van der Waals surface area contributed by atoms with Crippen LogP contribution in [0, 0.1) is 0 Å². The van der Waals surface area contributed by atoms with Gasteiger partial charge in [0.2, 0.25) is 0 Å². The van der Waals surface area contributed by atoms with Crippen LogP contribution in [0.1, 0.15) is 34.1 Å². The third-order valence-corrected chi connectivity index (χ3v) is 6.45. The second-order valence-electron chi connectivity index (χ2n) is 9.14. The van der Waals surface area contributed by atoms with E-state index in [1.54, 1.807) is 6.92 Å². The monoisotopic (exact) mass is 498 g/mol. The molecule has 3 rings (SSSR count). The minimum atomic E-state index is -1.68. The molecule has 3 aliphatic heterocycles. The summed E-state index contributed by atoms with van der Waals surface area (Å²) in [5.74, 6) is 0. The molecule has 0 bridgehead atoms. The van der Waals surface area contributed by atoms with Crippen molar-refractivity contribution >= 4 is 0 Å². The van der Waals surface area contributed by atoms with E-state index >= 15 is 0 Å². The van der Waals surface area contributed by atoms with Crippen molar-refractivity contribution in [3.05, 3.63) is 0 Å². The highest BCUT2D eigenvalue weighted by Gasteiger charge is 2.52. The molecule has 0 aliphatic carbocycles. The van der Waals surface area contributed by atoms with Crippen LogP contribution < -0.4 is 0 Å². The summed E-state index contributed by atoms with van der Waals surface area (Å²) in [6.45, 7) is 6.68. The van der Waals surface area contributed by atoms with Crippen LogP contribution in [0.15, 0.2) is 0 Å². The summed E-state index contributed by atoms with van der Waals surface area (Å²) in [6.07, 6.45) is -19.0. The number of rotatable bonds is 7. The molecule has 15 atom stereocenters. The highest BCUT2D eigenvalue weighted by atomic mass is 16.8. The van der Waals surface area contributed by atoms with Gasteiger partial charge in [-0.3, -0.25) is 0 Å². The maximum Gasteiger partial charge on any atom is 0.187 e. The predicted octanol–water partition coefficient (Wildman–Crippen LogP) is -3.06. The van der Waals surface area contributed by atoms with Crippen molar-refractivity contribution < 1.29 is 64.2 Å². The molecule has 7 N–H and O–H groups in total. The first-order valence-corrected chi connectivity index (χ1v) is 11.6. The molecule has 34 heavy (non-hydrogen) atoms. The standard InChI is InChI=1S/C21H38O13/c1-5-6-29-20-17(14(26)11(23)8(3)31-20)34-21-18(15(27)12(24)9(4)32-21)33-19-16(28)13(25)10(22)7(2)30-19/h7-28H,5-6H2,1-4H3/t7-,8-,9-,10-,11-,12-,13+,14+,15+,16+,17+,18+,19-,20+,21-/m0/s1. The normalized spacial score (nSPS) is 52.5. The van der Waals surface area contributed by atoms with Crippen molar-refractivity contribution in [1.29, 1.82) is 0 Å². The number of hydrogen-bond donors (Lipinski definition) is 7. The molecule has 0 amide bonds. The Hall–Kier alpha value is -0.520. The first-order chi connectivity index (χ1) is 16.0. The van der Waals surface area contributed by atoms with Gasteiger partial charge in [0.1, 0.15) is 54.9 Å². The van der Waals surface area contributed by atoms with Gasteiger partial charge in [-0.05, 0) is 27.2 Å². The number of hydrogen-bond acceptors (Lipinski definition) is 13. The fourth-order valence-corrected chi connectivity index (χ4v) is 4.21. The van der Waals surface area contributed by atoms with E-state index in [1.807, 2.05) is 6.92 Å². The topological polar surface area (TPSA) is 197 Å². The Morgan fingerprint density at radius 3 is 1.47 bits per heavy atom. The summed E-state index contributed by atoms with van der Waals surface area (Å²) in [4.78, 5) is 0. The van der Waals surface area contributed by atoms with E-state index in [0.717, 1.165) is 0 Å². The van der Waals surface area contributed by atoms with Gasteiger partial charge >= 0.3 is 0 Å². The molecule has 13 nitrogen and oxygen atoms in total. The largest absolute Gasteiger partial charge is 0.388 e. The lowest BCUT2D eigenvalue weighted by molar-refractivity contribution is -0.388. The maximum atomic E-state index is 10.7. The van der Waals surface area contributed by atoms with Gasteiger partial charge in [0.15, 0.2) is 18.9 Å². The SMILES string of the molecule is CCCO[C@@H]1O[C@@H](C)[C@H](O)[C@@H](O)[C@H]1O[C@@H]1O[C@@H](C)[C@H](O)[C@@H](O)[C@H]1O[C@@H]1O[C@@H](C)[C@H](O)[C@@H](O)[C@H]1O. The van der Waals surface area contributed by atoms with Crippen LogP contribution in [0.25, 0.3) is 0 Å². The maximum absolute atomic E-state index is 10.7. The van der Waals surface area contributed by atoms with Gasteiger partial charge < -0.3 is 64.2 Å². The lowest BCUT2D eigenvalue weighted by atomic mass is 9.97. The second kappa shape index (κ2) is 11.7. The quantitative estimate of drug-likeness (QED) is 0.187. The van der Waals surface area contributed by atoms with Crippen LogP contribution in [-0.2, 0) is 28.4 Å². The minimum absolute atomic E-state index is 0.281. The van der Waals surface area contributed by atoms with Crippen molar-refractivity contribution in [2.75, 3.05) is 6.61 Å². The zero-order valence-corrected chi connectivity index (χ0v) is 19.7. The Bertz CT molecular complexity index is 640. The van der Waals surface area contributed by atoms with Crippen LogP contribution in [0.3, 0.4) is 0 Å². The van der Waals surface area contributed by atoms with Gasteiger partial charge in [0.05, 0.1) is 18.3 Å². The van der Waals surface area contributed by atoms with Gasteiger partial charge in [-0.1, -0.05) is 6.92 Å². The first-order valence-electron chi connectivity index (χ1n) is 11.6. The van der Waals surface area contributed by atoms with Crippen molar-refractivity contribution in [2.45, 2.75) is 126 Å². The zero-order chi connectivity index (χ0) is 25.3. The lowest BCUT2D eigenvalue weighted by Gasteiger charge is -2.48. The summed E-state index contributed by atoms with van der Waals surface area (Å²) >= 11 is 0. The van der Waals surface area contributed by atoms with Crippen LogP contribution in [0.5, 0.6) is 0 Å². The lowest BCUT2D eigenvalue weighted by Crippen LogP contribution is -2.65. The van der Waals surface area contributed by atoms with Crippen molar-refractivity contribution in [3.63, 3.8) is 0 Å². The smallest absolute Gasteiger partial charge is 0.187 e. The van der Waals surface area contributed by atoms with E-state index in [4.69, 9.17) is 28.4 Å². The molecular weight excluding hydrogens is 460 g/mol. The molecule has 0 saturated carbocycles. The van der Waals surface area contributed by atoms with E-state index in [2.05, 4.69) is 0 Å². The zero-order valence-electron chi connectivity index (χ0n) is 19.7. The fraction of sp³-hybridized carbons (Fsp3) is 1.00. The van der Waals surface area contributed by atoms with E-state index in [1.165, 1.54) is 13.8 Å². The van der Waals surface area contributed by atoms with Gasteiger partial charge in [-0.25, -0.2) is 0 Å². The van der Waals surface area contributed by atoms with E-state index < -0.39 is 92.1 Å². The predicted molar refractivity (Wildman–Crippen MR) is 111 cm³/mol. The number of ether oxygens (including phenoxy) is 6. The molecule has 200 valence electrons. The number of aliphatic hydroxyl groups excluding tert-OH is 7. The molecule has 3 aliphatic rings. The van der Waals surface area contributed by atoms with Crippen molar-refractivity contribution in [3.8, 4) is 0 Å². The fourth-order valence-electron chi connectivity index (χ4n) is 4.21. The first kappa shape index (κ1) is 28.1. The minimum Gasteiger partial charge on any atom is -0.388 e. The van der Waals surface area contributed by atoms with Crippen molar-refractivity contribution in [2.24, 2.45) is 0 Å². The van der Waals surface area contributed by atoms with Gasteiger partial charge in [-0.2, -0.15) is 0 Å². The average molecular weight is 499 g/mol. The second-order valence-corrected chi connectivity index (χ2v) is 9.14. The van der Waals surface area contributed by atoms with E-state index in [9.17, 15) is 35.7 Å². The summed E-state index contributed by atoms with van der Waals surface area (Å²) in [5.41, 5.74) is 0. The van der Waals surface area contributed by atoms with Crippen LogP contribution in [0.4, 0.5) is 0 Å². The van der Waals surface area contributed by atoms with Crippen molar-refractivity contribution in [1.82, 2.24) is 0 Å². The Balaban J connectivity index is 1.81. The van der Waals surface area contributed by atoms with E-state index in [-0.39, 0.29) is 6.61 Å². The molecule has 13 heteroatoms. The molecule has 0 spiro atoms. The summed E-state index contributed by atoms with van der Waals surface area (Å²) < 4.78 is 34.0. The van der Waals surface area contributed by atoms with Gasteiger partial charge in [0, 0.05) is 6.61 Å². The Labute approximate surface area is 197 Å². The van der Waals surface area contributed by atoms with E-state index in [0.29, 0.717) is 6.42 Å². The highest BCUT2D eigenvalue weighted by molar-refractivity contribution is 4.94.